The van der Waals surface area contributed by atoms with Crippen LogP contribution in [-0.2, 0) is 11.2 Å². The van der Waals surface area contributed by atoms with E-state index in [1.54, 1.807) is 30.3 Å². The first-order valence-corrected chi connectivity index (χ1v) is 11.6. The third-order valence-electron chi connectivity index (χ3n) is 4.41. The number of halogens is 3. The molecule has 0 fully saturated rings. The van der Waals surface area contributed by atoms with Crippen LogP contribution in [0.25, 0.3) is 0 Å². The Bertz CT molecular complexity index is 1210. The second kappa shape index (κ2) is 10.7. The molecular weight excluding hydrogens is 491 g/mol. The van der Waals surface area contributed by atoms with E-state index in [0.29, 0.717) is 16.3 Å². The van der Waals surface area contributed by atoms with Gasteiger partial charge in [0, 0.05) is 20.9 Å². The molecule has 178 valence electrons. The lowest BCUT2D eigenvalue weighted by molar-refractivity contribution is -0.274. The van der Waals surface area contributed by atoms with Gasteiger partial charge in [-0.25, -0.2) is 0 Å². The van der Waals surface area contributed by atoms with E-state index in [2.05, 4.69) is 10.1 Å². The number of benzene rings is 2. The number of nitrogens with one attached hydrogen (secondary N) is 1. The highest BCUT2D eigenvalue weighted by molar-refractivity contribution is 8.00. The van der Waals surface area contributed by atoms with Crippen LogP contribution in [0.2, 0.25) is 0 Å². The second-order valence-electron chi connectivity index (χ2n) is 6.87. The van der Waals surface area contributed by atoms with E-state index in [-0.39, 0.29) is 22.4 Å². The van der Waals surface area contributed by atoms with Gasteiger partial charge in [-0.3, -0.25) is 14.4 Å². The minimum absolute atomic E-state index is 0.137. The van der Waals surface area contributed by atoms with E-state index in [0.717, 1.165) is 28.8 Å². The zero-order valence-electron chi connectivity index (χ0n) is 17.6. The molecule has 0 atom stereocenters. The predicted molar refractivity (Wildman–Crippen MR) is 123 cm³/mol. The van der Waals surface area contributed by atoms with Crippen LogP contribution in [-0.4, -0.2) is 34.9 Å². The number of thiophene rings is 1. The Kier molecular flexibility index (Phi) is 8.00. The van der Waals surface area contributed by atoms with Crippen molar-refractivity contribution in [3.8, 4) is 5.75 Å². The van der Waals surface area contributed by atoms with Gasteiger partial charge in [0.05, 0.1) is 11.3 Å². The fourth-order valence-electron chi connectivity index (χ4n) is 2.89. The summed E-state index contributed by atoms with van der Waals surface area (Å²) in [6.07, 6.45) is -4.23. The molecule has 0 spiro atoms. The highest BCUT2D eigenvalue weighted by Crippen LogP contribution is 2.32. The molecule has 1 aromatic heterocycles. The maximum absolute atomic E-state index is 13.0. The van der Waals surface area contributed by atoms with E-state index in [1.807, 2.05) is 6.92 Å². The molecular formula is C23H18F3NO5S2. The molecule has 0 saturated carbocycles. The van der Waals surface area contributed by atoms with Gasteiger partial charge in [0.2, 0.25) is 0 Å². The molecule has 0 saturated heterocycles. The van der Waals surface area contributed by atoms with Crippen LogP contribution in [0.4, 0.5) is 18.2 Å². The van der Waals surface area contributed by atoms with Crippen LogP contribution >= 0.6 is 23.1 Å². The monoisotopic (exact) mass is 509 g/mol. The lowest BCUT2D eigenvalue weighted by Gasteiger charge is -2.10. The Morgan fingerprint density at radius 1 is 1.06 bits per heavy atom. The quantitative estimate of drug-likeness (QED) is 0.277. The van der Waals surface area contributed by atoms with Crippen molar-refractivity contribution in [3.63, 3.8) is 0 Å². The standard InChI is InChI=1S/C23H18F3NO5S2/c1-2-16-11-18(20(30)13-6-8-15(9-7-13)32-23(24,25)26)22(34-16)27-21(31)14-4-3-5-17(10-14)33-12-19(28)29/h3-11H,2,12H2,1H3,(H,27,31)(H,28,29). The largest absolute Gasteiger partial charge is 0.573 e. The number of aryl methyl sites for hydroxylation is 1. The topological polar surface area (TPSA) is 92.7 Å². The molecule has 34 heavy (non-hydrogen) atoms. The van der Waals surface area contributed by atoms with Crippen LogP contribution in [0, 0.1) is 0 Å². The molecule has 6 nitrogen and oxygen atoms in total. The first-order chi connectivity index (χ1) is 16.1. The summed E-state index contributed by atoms with van der Waals surface area (Å²) in [7, 11) is 0. The lowest BCUT2D eigenvalue weighted by atomic mass is 10.0. The van der Waals surface area contributed by atoms with Crippen molar-refractivity contribution in [2.45, 2.75) is 24.6 Å². The molecule has 11 heteroatoms. The normalized spacial score (nSPS) is 11.2. The number of carboxylic acids is 1. The number of amides is 1. The van der Waals surface area contributed by atoms with Crippen LogP contribution in [0.1, 0.15) is 38.1 Å². The number of alkyl halides is 3. The number of thioether (sulfide) groups is 1. The molecule has 0 bridgehead atoms. The summed E-state index contributed by atoms with van der Waals surface area (Å²) in [6.45, 7) is 1.89. The first kappa shape index (κ1) is 25.3. The number of rotatable bonds is 9. The zero-order valence-corrected chi connectivity index (χ0v) is 19.3. The number of hydrogen-bond acceptors (Lipinski definition) is 6. The SMILES string of the molecule is CCc1cc(C(=O)c2ccc(OC(F)(F)F)cc2)c(NC(=O)c2cccc(SCC(=O)O)c2)s1. The second-order valence-corrected chi connectivity index (χ2v) is 9.06. The van der Waals surface area contributed by atoms with Crippen LogP contribution < -0.4 is 10.1 Å². The molecule has 1 amide bonds. The molecule has 2 aromatic carbocycles. The molecule has 0 aliphatic heterocycles. The summed E-state index contributed by atoms with van der Waals surface area (Å²) < 4.78 is 40.9. The molecule has 3 rings (SSSR count). The Morgan fingerprint density at radius 2 is 1.76 bits per heavy atom. The minimum atomic E-state index is -4.84. The third kappa shape index (κ3) is 6.84. The summed E-state index contributed by atoms with van der Waals surface area (Å²) in [5.74, 6) is -2.52. The summed E-state index contributed by atoms with van der Waals surface area (Å²) in [6, 6.07) is 12.6. The van der Waals surface area contributed by atoms with Crippen molar-refractivity contribution in [3.05, 3.63) is 76.2 Å². The lowest BCUT2D eigenvalue weighted by Crippen LogP contribution is -2.17. The van der Waals surface area contributed by atoms with Crippen LogP contribution in [0.3, 0.4) is 0 Å². The number of anilines is 1. The van der Waals surface area contributed by atoms with Crippen molar-refractivity contribution in [1.29, 1.82) is 0 Å². The molecule has 0 unspecified atom stereocenters. The van der Waals surface area contributed by atoms with E-state index in [4.69, 9.17) is 5.11 Å². The van der Waals surface area contributed by atoms with Gasteiger partial charge in [0.15, 0.2) is 5.78 Å². The Balaban J connectivity index is 1.81. The predicted octanol–water partition coefficient (Wildman–Crippen LogP) is 5.87. The van der Waals surface area contributed by atoms with E-state index >= 15 is 0 Å². The summed E-state index contributed by atoms with van der Waals surface area (Å²) in [5, 5.41) is 11.9. The van der Waals surface area contributed by atoms with Gasteiger partial charge in [-0.15, -0.1) is 36.3 Å². The van der Waals surface area contributed by atoms with Crippen molar-refractivity contribution in [1.82, 2.24) is 0 Å². The van der Waals surface area contributed by atoms with Gasteiger partial charge >= 0.3 is 12.3 Å². The smallest absolute Gasteiger partial charge is 0.481 e. The fraction of sp³-hybridized carbons (Fsp3) is 0.174. The van der Waals surface area contributed by atoms with E-state index < -0.39 is 29.8 Å². The third-order valence-corrected chi connectivity index (χ3v) is 6.59. The van der Waals surface area contributed by atoms with Crippen molar-refractivity contribution in [2.75, 3.05) is 11.1 Å². The molecule has 3 aromatic rings. The zero-order chi connectivity index (χ0) is 24.9. The molecule has 0 aliphatic rings. The van der Waals surface area contributed by atoms with E-state index in [9.17, 15) is 27.6 Å². The average molecular weight is 510 g/mol. The number of hydrogen-bond donors (Lipinski definition) is 2. The Hall–Kier alpha value is -3.31. The number of carboxylic acid groups (broad SMARTS) is 1. The minimum Gasteiger partial charge on any atom is -0.481 e. The average Bonchev–Trinajstić information content (AvgIpc) is 3.19. The van der Waals surface area contributed by atoms with Crippen LogP contribution in [0.5, 0.6) is 5.75 Å². The number of ether oxygens (including phenoxy) is 1. The van der Waals surface area contributed by atoms with Gasteiger partial charge in [0.25, 0.3) is 5.91 Å². The number of carbonyl (C=O) groups excluding carboxylic acids is 2. The highest BCUT2D eigenvalue weighted by Gasteiger charge is 2.31. The van der Waals surface area contributed by atoms with Crippen molar-refractivity contribution < 1.29 is 37.4 Å². The molecule has 1 heterocycles. The maximum atomic E-state index is 13.0. The Morgan fingerprint density at radius 3 is 2.38 bits per heavy atom. The summed E-state index contributed by atoms with van der Waals surface area (Å²) in [5.41, 5.74) is 0.641. The summed E-state index contributed by atoms with van der Waals surface area (Å²) in [4.78, 5) is 38.1. The maximum Gasteiger partial charge on any atom is 0.573 e. The number of carbonyl (C=O) groups is 3. The molecule has 2 N–H and O–H groups in total. The van der Waals surface area contributed by atoms with E-state index in [1.165, 1.54) is 23.5 Å². The Labute approximate surface area is 200 Å². The summed E-state index contributed by atoms with van der Waals surface area (Å²) >= 11 is 2.30. The van der Waals surface area contributed by atoms with Gasteiger partial charge in [-0.1, -0.05) is 13.0 Å². The van der Waals surface area contributed by atoms with Gasteiger partial charge in [-0.2, -0.15) is 0 Å². The highest BCUT2D eigenvalue weighted by atomic mass is 32.2. The number of ketones is 1. The van der Waals surface area contributed by atoms with Gasteiger partial charge in [-0.05, 0) is 55.0 Å². The molecule has 0 aliphatic carbocycles. The van der Waals surface area contributed by atoms with Gasteiger partial charge < -0.3 is 15.2 Å². The van der Waals surface area contributed by atoms with Crippen LogP contribution in [0.15, 0.2) is 59.5 Å². The number of aliphatic carboxylic acids is 1. The fourth-order valence-corrected chi connectivity index (χ4v) is 4.55. The van der Waals surface area contributed by atoms with Crippen molar-refractivity contribution in [2.24, 2.45) is 0 Å². The van der Waals surface area contributed by atoms with Gasteiger partial charge in [0.1, 0.15) is 10.8 Å². The van der Waals surface area contributed by atoms with Crippen molar-refractivity contribution >= 4 is 45.8 Å². The first-order valence-electron chi connectivity index (χ1n) is 9.85. The molecule has 0 radical (unpaired) electrons.